The molecule has 1 rings (SSSR count). The number of rotatable bonds is 4. The van der Waals surface area contributed by atoms with Crippen LogP contribution in [0.2, 0.25) is 0 Å². The lowest BCUT2D eigenvalue weighted by Gasteiger charge is -2.31. The van der Waals surface area contributed by atoms with Crippen LogP contribution in [0.3, 0.4) is 0 Å². The van der Waals surface area contributed by atoms with Gasteiger partial charge in [0.15, 0.2) is 0 Å². The molecule has 78 valence electrons. The summed E-state index contributed by atoms with van der Waals surface area (Å²) in [4.78, 5) is 0. The summed E-state index contributed by atoms with van der Waals surface area (Å²) >= 11 is 0. The molecule has 1 N–H and O–H groups in total. The molecule has 0 spiro atoms. The lowest BCUT2D eigenvalue weighted by Crippen LogP contribution is -2.29. The third-order valence-electron chi connectivity index (χ3n) is 3.13. The summed E-state index contributed by atoms with van der Waals surface area (Å²) in [6, 6.07) is 0. The number of methoxy groups -OCH3 is 1. The molecule has 1 aliphatic rings. The second kappa shape index (κ2) is 5.61. The van der Waals surface area contributed by atoms with Gasteiger partial charge in [-0.25, -0.2) is 0 Å². The molecule has 0 aromatic carbocycles. The highest BCUT2D eigenvalue weighted by Gasteiger charge is 2.26. The first-order valence-corrected chi connectivity index (χ1v) is 5.48. The van der Waals surface area contributed by atoms with Crippen LogP contribution in [-0.2, 0) is 4.74 Å². The summed E-state index contributed by atoms with van der Waals surface area (Å²) in [5.74, 6) is 0.485. The summed E-state index contributed by atoms with van der Waals surface area (Å²) in [5.41, 5.74) is 0. The average molecular weight is 186 g/mol. The zero-order valence-corrected chi connectivity index (χ0v) is 8.83. The maximum Gasteiger partial charge on any atom is 0.0575 e. The fraction of sp³-hybridized carbons (Fsp3) is 1.00. The molecule has 0 heterocycles. The van der Waals surface area contributed by atoms with Crippen molar-refractivity contribution in [3.63, 3.8) is 0 Å². The van der Waals surface area contributed by atoms with Crippen LogP contribution >= 0.6 is 0 Å². The second-order valence-electron chi connectivity index (χ2n) is 4.14. The molecule has 1 fully saturated rings. The van der Waals surface area contributed by atoms with Gasteiger partial charge in [0, 0.05) is 7.11 Å². The lowest BCUT2D eigenvalue weighted by atomic mass is 9.82. The molecule has 0 saturated heterocycles. The molecule has 13 heavy (non-hydrogen) atoms. The van der Waals surface area contributed by atoms with E-state index >= 15 is 0 Å². The Kier molecular flexibility index (Phi) is 4.74. The van der Waals surface area contributed by atoms with Crippen molar-refractivity contribution in [2.45, 2.75) is 57.7 Å². The van der Waals surface area contributed by atoms with Gasteiger partial charge in [-0.15, -0.1) is 0 Å². The van der Waals surface area contributed by atoms with Gasteiger partial charge in [-0.2, -0.15) is 0 Å². The number of aliphatic hydroxyl groups excluding tert-OH is 1. The predicted octanol–water partition coefficient (Wildman–Crippen LogP) is 2.35. The average Bonchev–Trinajstić information content (AvgIpc) is 2.18. The minimum Gasteiger partial charge on any atom is -0.393 e. The molecule has 2 heteroatoms. The van der Waals surface area contributed by atoms with Crippen molar-refractivity contribution < 1.29 is 9.84 Å². The summed E-state index contributed by atoms with van der Waals surface area (Å²) in [6.45, 7) is 2.12. The van der Waals surface area contributed by atoms with Crippen molar-refractivity contribution in [1.29, 1.82) is 0 Å². The topological polar surface area (TPSA) is 29.5 Å². The van der Waals surface area contributed by atoms with Crippen molar-refractivity contribution in [2.75, 3.05) is 7.11 Å². The molecule has 3 atom stereocenters. The Morgan fingerprint density at radius 1 is 1.46 bits per heavy atom. The highest BCUT2D eigenvalue weighted by molar-refractivity contribution is 4.78. The summed E-state index contributed by atoms with van der Waals surface area (Å²) in [7, 11) is 1.78. The molecule has 0 aromatic heterocycles. The van der Waals surface area contributed by atoms with Gasteiger partial charge in [0.25, 0.3) is 0 Å². The molecule has 1 aliphatic carbocycles. The molecule has 0 bridgehead atoms. The predicted molar refractivity (Wildman–Crippen MR) is 53.7 cm³/mol. The van der Waals surface area contributed by atoms with Crippen molar-refractivity contribution in [3.05, 3.63) is 0 Å². The van der Waals surface area contributed by atoms with Gasteiger partial charge in [0.2, 0.25) is 0 Å². The third-order valence-corrected chi connectivity index (χ3v) is 3.13. The standard InChI is InChI=1S/C11H22O2/c1-3-5-11(12)9-6-4-7-10(8-9)13-2/h9-12H,3-8H2,1-2H3. The Labute approximate surface area is 81.3 Å². The van der Waals surface area contributed by atoms with E-state index in [0.717, 1.165) is 19.3 Å². The van der Waals surface area contributed by atoms with Gasteiger partial charge in [-0.3, -0.25) is 0 Å². The van der Waals surface area contributed by atoms with Gasteiger partial charge in [-0.1, -0.05) is 19.8 Å². The molecular formula is C11H22O2. The number of aliphatic hydroxyl groups is 1. The van der Waals surface area contributed by atoms with E-state index in [2.05, 4.69) is 6.92 Å². The van der Waals surface area contributed by atoms with Crippen LogP contribution < -0.4 is 0 Å². The SMILES string of the molecule is CCCC(O)C1CCCC(OC)C1. The zero-order valence-electron chi connectivity index (χ0n) is 8.83. The normalized spacial score (nSPS) is 31.6. The van der Waals surface area contributed by atoms with Crippen LogP contribution in [-0.4, -0.2) is 24.4 Å². The number of hydrogen-bond acceptors (Lipinski definition) is 2. The van der Waals surface area contributed by atoms with Crippen LogP contribution in [0.5, 0.6) is 0 Å². The van der Waals surface area contributed by atoms with Crippen LogP contribution in [0, 0.1) is 5.92 Å². The fourth-order valence-corrected chi connectivity index (χ4v) is 2.28. The second-order valence-corrected chi connectivity index (χ2v) is 4.14. The van der Waals surface area contributed by atoms with E-state index in [4.69, 9.17) is 4.74 Å². The van der Waals surface area contributed by atoms with E-state index in [1.807, 2.05) is 0 Å². The van der Waals surface area contributed by atoms with E-state index in [0.29, 0.717) is 12.0 Å². The first-order chi connectivity index (χ1) is 6.27. The number of hydrogen-bond donors (Lipinski definition) is 1. The molecular weight excluding hydrogens is 164 g/mol. The minimum absolute atomic E-state index is 0.0945. The number of ether oxygens (including phenoxy) is 1. The highest BCUT2D eigenvalue weighted by atomic mass is 16.5. The largest absolute Gasteiger partial charge is 0.393 e. The van der Waals surface area contributed by atoms with Gasteiger partial charge < -0.3 is 9.84 Å². The van der Waals surface area contributed by atoms with Crippen molar-refractivity contribution in [1.82, 2.24) is 0 Å². The quantitative estimate of drug-likeness (QED) is 0.730. The Morgan fingerprint density at radius 3 is 2.85 bits per heavy atom. The molecule has 1 saturated carbocycles. The molecule has 3 unspecified atom stereocenters. The minimum atomic E-state index is -0.0945. The Morgan fingerprint density at radius 2 is 2.23 bits per heavy atom. The molecule has 0 aliphatic heterocycles. The maximum atomic E-state index is 9.83. The molecule has 0 radical (unpaired) electrons. The van der Waals surface area contributed by atoms with Crippen molar-refractivity contribution >= 4 is 0 Å². The van der Waals surface area contributed by atoms with Crippen LogP contribution in [0.15, 0.2) is 0 Å². The van der Waals surface area contributed by atoms with E-state index in [1.54, 1.807) is 7.11 Å². The third kappa shape index (κ3) is 3.28. The zero-order chi connectivity index (χ0) is 9.68. The molecule has 2 nitrogen and oxygen atoms in total. The highest BCUT2D eigenvalue weighted by Crippen LogP contribution is 2.29. The fourth-order valence-electron chi connectivity index (χ4n) is 2.28. The Bertz CT molecular complexity index is 136. The van der Waals surface area contributed by atoms with Gasteiger partial charge >= 0.3 is 0 Å². The van der Waals surface area contributed by atoms with Crippen LogP contribution in [0.25, 0.3) is 0 Å². The monoisotopic (exact) mass is 186 g/mol. The summed E-state index contributed by atoms with van der Waals surface area (Å²) in [6.07, 6.45) is 6.94. The summed E-state index contributed by atoms with van der Waals surface area (Å²) < 4.78 is 5.34. The van der Waals surface area contributed by atoms with Crippen LogP contribution in [0.4, 0.5) is 0 Å². The van der Waals surface area contributed by atoms with E-state index in [-0.39, 0.29) is 6.10 Å². The maximum absolute atomic E-state index is 9.83. The van der Waals surface area contributed by atoms with E-state index in [9.17, 15) is 5.11 Å². The van der Waals surface area contributed by atoms with Crippen molar-refractivity contribution in [2.24, 2.45) is 5.92 Å². The van der Waals surface area contributed by atoms with Gasteiger partial charge in [0.05, 0.1) is 12.2 Å². The molecule has 0 aromatic rings. The van der Waals surface area contributed by atoms with Gasteiger partial charge in [-0.05, 0) is 31.6 Å². The van der Waals surface area contributed by atoms with Crippen LogP contribution in [0.1, 0.15) is 45.4 Å². The molecule has 0 amide bonds. The first-order valence-electron chi connectivity index (χ1n) is 5.48. The Balaban J connectivity index is 2.32. The van der Waals surface area contributed by atoms with E-state index < -0.39 is 0 Å². The van der Waals surface area contributed by atoms with Gasteiger partial charge in [0.1, 0.15) is 0 Å². The van der Waals surface area contributed by atoms with Crippen molar-refractivity contribution in [3.8, 4) is 0 Å². The Hall–Kier alpha value is -0.0800. The smallest absolute Gasteiger partial charge is 0.0575 e. The first kappa shape index (κ1) is 11.0. The lowest BCUT2D eigenvalue weighted by molar-refractivity contribution is 0.00379. The summed E-state index contributed by atoms with van der Waals surface area (Å²) in [5, 5.41) is 9.83. The van der Waals surface area contributed by atoms with E-state index in [1.165, 1.54) is 19.3 Å².